The van der Waals surface area contributed by atoms with Crippen LogP contribution in [0.15, 0.2) is 24.3 Å². The zero-order valence-electron chi connectivity index (χ0n) is 36.3. The first-order chi connectivity index (χ1) is 27.8. The number of hydrogen-bond donors (Lipinski definition) is 4. The van der Waals surface area contributed by atoms with E-state index in [-0.39, 0.29) is 32.0 Å². The van der Waals surface area contributed by atoms with Crippen molar-refractivity contribution in [3.8, 4) is 0 Å². The van der Waals surface area contributed by atoms with E-state index in [1.54, 1.807) is 0 Å². The lowest BCUT2D eigenvalue weighted by Gasteiger charge is -2.39. The van der Waals surface area contributed by atoms with Gasteiger partial charge in [-0.2, -0.15) is 0 Å². The highest BCUT2D eigenvalue weighted by atomic mass is 16.7. The summed E-state index contributed by atoms with van der Waals surface area (Å²) in [6.07, 6.45) is 34.7. The molecule has 0 aromatic heterocycles. The second-order valence-corrected chi connectivity index (χ2v) is 16.2. The van der Waals surface area contributed by atoms with Crippen LogP contribution in [-0.2, 0) is 28.5 Å². The van der Waals surface area contributed by atoms with E-state index in [1.165, 1.54) is 109 Å². The zero-order chi connectivity index (χ0) is 41.6. The molecule has 6 atom stereocenters. The average Bonchev–Trinajstić information content (AvgIpc) is 3.21. The molecule has 0 aliphatic carbocycles. The first-order valence-corrected chi connectivity index (χ1v) is 23.4. The Labute approximate surface area is 347 Å². The quantitative estimate of drug-likeness (QED) is 0.0268. The summed E-state index contributed by atoms with van der Waals surface area (Å²) in [5.74, 6) is -0.815. The Kier molecular flexibility index (Phi) is 35.8. The Bertz CT molecular complexity index is 985. The van der Waals surface area contributed by atoms with E-state index in [4.69, 9.17) is 18.9 Å². The van der Waals surface area contributed by atoms with Crippen molar-refractivity contribution < 1.29 is 49.0 Å². The summed E-state index contributed by atoms with van der Waals surface area (Å²) in [5, 5.41) is 40.1. The summed E-state index contributed by atoms with van der Waals surface area (Å²) in [6, 6.07) is 0. The van der Waals surface area contributed by atoms with E-state index in [1.807, 2.05) is 0 Å². The first-order valence-electron chi connectivity index (χ1n) is 23.4. The Morgan fingerprint density at radius 1 is 0.544 bits per heavy atom. The maximum atomic E-state index is 12.7. The molecular formula is C47H86O10. The monoisotopic (exact) mass is 811 g/mol. The van der Waals surface area contributed by atoms with Gasteiger partial charge >= 0.3 is 11.9 Å². The largest absolute Gasteiger partial charge is 0.462 e. The average molecular weight is 811 g/mol. The van der Waals surface area contributed by atoms with Gasteiger partial charge in [-0.1, -0.05) is 179 Å². The molecule has 1 aliphatic rings. The Balaban J connectivity index is 2.28. The van der Waals surface area contributed by atoms with Gasteiger partial charge in [0, 0.05) is 12.8 Å². The minimum atomic E-state index is -1.59. The van der Waals surface area contributed by atoms with Crippen LogP contribution in [0.3, 0.4) is 0 Å². The summed E-state index contributed by atoms with van der Waals surface area (Å²) < 4.78 is 22.2. The third-order valence-electron chi connectivity index (χ3n) is 10.8. The zero-order valence-corrected chi connectivity index (χ0v) is 36.3. The van der Waals surface area contributed by atoms with Gasteiger partial charge in [-0.05, 0) is 38.5 Å². The molecule has 1 saturated heterocycles. The van der Waals surface area contributed by atoms with Crippen molar-refractivity contribution in [3.63, 3.8) is 0 Å². The van der Waals surface area contributed by atoms with Crippen LogP contribution >= 0.6 is 0 Å². The van der Waals surface area contributed by atoms with Gasteiger partial charge in [0.1, 0.15) is 31.0 Å². The number of esters is 2. The van der Waals surface area contributed by atoms with E-state index in [9.17, 15) is 30.0 Å². The molecule has 10 nitrogen and oxygen atoms in total. The molecule has 0 aromatic rings. The van der Waals surface area contributed by atoms with E-state index in [0.29, 0.717) is 6.42 Å². The lowest BCUT2D eigenvalue weighted by molar-refractivity contribution is -0.305. The molecule has 0 aromatic carbocycles. The fourth-order valence-corrected chi connectivity index (χ4v) is 7.11. The second-order valence-electron chi connectivity index (χ2n) is 16.2. The highest BCUT2D eigenvalue weighted by Crippen LogP contribution is 2.23. The van der Waals surface area contributed by atoms with Gasteiger partial charge in [-0.3, -0.25) is 9.59 Å². The topological polar surface area (TPSA) is 152 Å². The molecule has 1 aliphatic heterocycles. The molecule has 0 amide bonds. The summed E-state index contributed by atoms with van der Waals surface area (Å²) in [6.45, 7) is 3.36. The van der Waals surface area contributed by atoms with E-state index >= 15 is 0 Å². The molecule has 1 heterocycles. The summed E-state index contributed by atoms with van der Waals surface area (Å²) in [4.78, 5) is 25.3. The van der Waals surface area contributed by atoms with Crippen molar-refractivity contribution in [2.75, 3.05) is 19.8 Å². The molecule has 0 spiro atoms. The molecule has 334 valence electrons. The SMILES string of the molecule is CCC/C=C\C/C=C\CCCCCCCC(=O)OC(COC(=O)CCCCCCCCCCCCCCCCCCCCC)COC1OC(CO)C(O)C(O)C1O. The van der Waals surface area contributed by atoms with Crippen molar-refractivity contribution in [2.45, 2.75) is 243 Å². The predicted octanol–water partition coefficient (Wildman–Crippen LogP) is 10.1. The van der Waals surface area contributed by atoms with E-state index in [2.05, 4.69) is 38.2 Å². The Hall–Kier alpha value is -1.82. The normalized spacial score (nSPS) is 20.4. The van der Waals surface area contributed by atoms with Gasteiger partial charge in [0.05, 0.1) is 13.2 Å². The summed E-state index contributed by atoms with van der Waals surface area (Å²) >= 11 is 0. The lowest BCUT2D eigenvalue weighted by atomic mass is 9.99. The summed E-state index contributed by atoms with van der Waals surface area (Å²) in [5.41, 5.74) is 0. The highest BCUT2D eigenvalue weighted by Gasteiger charge is 2.44. The molecule has 4 N–H and O–H groups in total. The van der Waals surface area contributed by atoms with Crippen LogP contribution in [0.2, 0.25) is 0 Å². The van der Waals surface area contributed by atoms with Crippen molar-refractivity contribution in [1.29, 1.82) is 0 Å². The van der Waals surface area contributed by atoms with Crippen LogP contribution in [-0.4, -0.2) is 89.0 Å². The van der Waals surface area contributed by atoms with Crippen LogP contribution < -0.4 is 0 Å². The maximum Gasteiger partial charge on any atom is 0.306 e. The van der Waals surface area contributed by atoms with Gasteiger partial charge in [0.25, 0.3) is 0 Å². The molecule has 6 unspecified atom stereocenters. The number of hydrogen-bond acceptors (Lipinski definition) is 10. The van der Waals surface area contributed by atoms with Crippen molar-refractivity contribution in [3.05, 3.63) is 24.3 Å². The molecular weight excluding hydrogens is 725 g/mol. The maximum absolute atomic E-state index is 12.7. The molecule has 1 rings (SSSR count). The van der Waals surface area contributed by atoms with Crippen molar-refractivity contribution in [1.82, 2.24) is 0 Å². The fraction of sp³-hybridized carbons (Fsp3) is 0.872. The van der Waals surface area contributed by atoms with Crippen LogP contribution in [0.25, 0.3) is 0 Å². The minimum Gasteiger partial charge on any atom is -0.462 e. The second kappa shape index (κ2) is 38.4. The predicted molar refractivity (Wildman–Crippen MR) is 229 cm³/mol. The standard InChI is InChI=1S/C47H86O10/c1-3-5-7-9-11-13-15-17-18-19-20-21-22-24-25-27-29-31-33-35-42(49)54-38-40(39-55-47-46(53)45(52)44(51)41(37-48)57-47)56-43(50)36-34-32-30-28-26-23-16-14-12-10-8-6-4-2/h8,10,14,16,40-41,44-48,51-53H,3-7,9,11-13,15,17-39H2,1-2H3/b10-8-,16-14-. The van der Waals surface area contributed by atoms with Crippen molar-refractivity contribution >= 4 is 11.9 Å². The lowest BCUT2D eigenvalue weighted by Crippen LogP contribution is -2.59. The number of aliphatic hydroxyl groups is 4. The Morgan fingerprint density at radius 3 is 1.53 bits per heavy atom. The van der Waals surface area contributed by atoms with Crippen LogP contribution in [0, 0.1) is 0 Å². The number of allylic oxidation sites excluding steroid dienone is 4. The van der Waals surface area contributed by atoms with Crippen molar-refractivity contribution in [2.24, 2.45) is 0 Å². The number of carbonyl (C=O) groups is 2. The highest BCUT2D eigenvalue weighted by molar-refractivity contribution is 5.70. The molecule has 0 saturated carbocycles. The summed E-state index contributed by atoms with van der Waals surface area (Å²) in [7, 11) is 0. The van der Waals surface area contributed by atoms with Crippen LogP contribution in [0.4, 0.5) is 0 Å². The number of unbranched alkanes of at least 4 members (excludes halogenated alkanes) is 24. The number of carbonyl (C=O) groups excluding carboxylic acids is 2. The van der Waals surface area contributed by atoms with E-state index in [0.717, 1.165) is 64.2 Å². The van der Waals surface area contributed by atoms with Gasteiger partial charge in [0.2, 0.25) is 0 Å². The van der Waals surface area contributed by atoms with Gasteiger partial charge in [-0.15, -0.1) is 0 Å². The third kappa shape index (κ3) is 30.0. The minimum absolute atomic E-state index is 0.216. The van der Waals surface area contributed by atoms with Crippen LogP contribution in [0.1, 0.15) is 206 Å². The molecule has 0 bridgehead atoms. The molecule has 0 radical (unpaired) electrons. The number of ether oxygens (including phenoxy) is 4. The van der Waals surface area contributed by atoms with Gasteiger partial charge in [0.15, 0.2) is 12.4 Å². The fourth-order valence-electron chi connectivity index (χ4n) is 7.11. The third-order valence-corrected chi connectivity index (χ3v) is 10.8. The van der Waals surface area contributed by atoms with E-state index < -0.39 is 49.4 Å². The number of rotatable bonds is 39. The molecule has 10 heteroatoms. The van der Waals surface area contributed by atoms with Crippen LogP contribution in [0.5, 0.6) is 0 Å². The molecule has 1 fully saturated rings. The Morgan fingerprint density at radius 2 is 1.02 bits per heavy atom. The van der Waals surface area contributed by atoms with Gasteiger partial charge < -0.3 is 39.4 Å². The van der Waals surface area contributed by atoms with Gasteiger partial charge in [-0.25, -0.2) is 0 Å². The first kappa shape index (κ1) is 53.2. The smallest absolute Gasteiger partial charge is 0.306 e. The number of aliphatic hydroxyl groups excluding tert-OH is 4. The molecule has 57 heavy (non-hydrogen) atoms.